The molecule has 0 unspecified atom stereocenters. The topological polar surface area (TPSA) is 80.9 Å². The van der Waals surface area contributed by atoms with Crippen LogP contribution >= 0.6 is 0 Å². The first-order chi connectivity index (χ1) is 10.1. The highest BCUT2D eigenvalue weighted by molar-refractivity contribution is 6.01. The van der Waals surface area contributed by atoms with E-state index in [-0.39, 0.29) is 5.56 Å². The highest BCUT2D eigenvalue weighted by Gasteiger charge is 2.15. The summed E-state index contributed by atoms with van der Waals surface area (Å²) in [5.41, 5.74) is 3.17. The lowest BCUT2D eigenvalue weighted by Gasteiger charge is -2.06. The second-order valence-corrected chi connectivity index (χ2v) is 4.87. The number of carboxylic acids is 1. The Kier molecular flexibility index (Phi) is 3.13. The highest BCUT2D eigenvalue weighted by Crippen LogP contribution is 2.21. The molecule has 0 spiro atoms. The second-order valence-electron chi connectivity index (χ2n) is 4.87. The van der Waals surface area contributed by atoms with Gasteiger partial charge in [0.25, 0.3) is 0 Å². The number of hydrogen-bond donors (Lipinski definition) is 1. The third-order valence-corrected chi connectivity index (χ3v) is 3.35. The van der Waals surface area contributed by atoms with Gasteiger partial charge in [-0.05, 0) is 26.0 Å². The van der Waals surface area contributed by atoms with Crippen LogP contribution in [0, 0.1) is 13.8 Å². The first-order valence-electron chi connectivity index (χ1n) is 6.53. The normalized spacial score (nSPS) is 11.0. The molecule has 2 heterocycles. The van der Waals surface area contributed by atoms with Crippen LogP contribution in [0.1, 0.15) is 27.6 Å². The smallest absolute Gasteiger partial charge is 0.337 e. The first kappa shape index (κ1) is 13.2. The van der Waals surface area contributed by atoms with Crippen LogP contribution in [0.3, 0.4) is 0 Å². The Balaban J connectivity index is 2.10. The summed E-state index contributed by atoms with van der Waals surface area (Å²) in [6.45, 7) is 4.25. The molecule has 0 saturated heterocycles. The zero-order valence-corrected chi connectivity index (χ0v) is 11.7. The average Bonchev–Trinajstić information content (AvgIpc) is 2.77. The number of aryl methyl sites for hydroxylation is 2. The molecule has 2 aromatic heterocycles. The summed E-state index contributed by atoms with van der Waals surface area (Å²) in [5.74, 6) is -0.221. The van der Waals surface area contributed by atoms with Gasteiger partial charge in [0.15, 0.2) is 0 Å². The summed E-state index contributed by atoms with van der Waals surface area (Å²) in [7, 11) is 0. The van der Waals surface area contributed by atoms with Gasteiger partial charge in [0.2, 0.25) is 0 Å². The van der Waals surface area contributed by atoms with Crippen molar-refractivity contribution < 1.29 is 9.90 Å². The van der Waals surface area contributed by atoms with E-state index < -0.39 is 5.97 Å². The van der Waals surface area contributed by atoms with Crippen LogP contribution in [0.4, 0.5) is 0 Å². The molecule has 0 saturated carbocycles. The van der Waals surface area contributed by atoms with Crippen molar-refractivity contribution in [3.05, 3.63) is 53.4 Å². The molecule has 1 aromatic carbocycles. The van der Waals surface area contributed by atoms with Gasteiger partial charge in [-0.2, -0.15) is 0 Å². The Bertz CT molecular complexity index is 822. The molecule has 3 rings (SSSR count). The van der Waals surface area contributed by atoms with Gasteiger partial charge in [0.05, 0.1) is 35.2 Å². The number of aromatic carboxylic acids is 1. The minimum Gasteiger partial charge on any atom is -0.478 e. The van der Waals surface area contributed by atoms with Gasteiger partial charge < -0.3 is 9.67 Å². The zero-order valence-electron chi connectivity index (χ0n) is 11.7. The molecule has 0 atom stereocenters. The standard InChI is InChI=1S/C15H14N4O2/c1-9-6-17-11(7-16-9)8-19-10(2)18-14-12(15(20)21)4-3-5-13(14)19/h3-7H,8H2,1-2H3,(H,20,21). The number of carbonyl (C=O) groups is 1. The number of rotatable bonds is 3. The van der Waals surface area contributed by atoms with E-state index in [4.69, 9.17) is 0 Å². The van der Waals surface area contributed by atoms with Crippen molar-refractivity contribution in [1.29, 1.82) is 0 Å². The van der Waals surface area contributed by atoms with E-state index in [1.807, 2.05) is 24.5 Å². The number of para-hydroxylation sites is 1. The van der Waals surface area contributed by atoms with Crippen LogP contribution < -0.4 is 0 Å². The average molecular weight is 282 g/mol. The van der Waals surface area contributed by atoms with Crippen molar-refractivity contribution in [1.82, 2.24) is 19.5 Å². The van der Waals surface area contributed by atoms with Crippen LogP contribution in [0.25, 0.3) is 11.0 Å². The highest BCUT2D eigenvalue weighted by atomic mass is 16.4. The molecule has 21 heavy (non-hydrogen) atoms. The fraction of sp³-hybridized carbons (Fsp3) is 0.200. The molecule has 0 fully saturated rings. The largest absolute Gasteiger partial charge is 0.478 e. The molecule has 106 valence electrons. The predicted octanol–water partition coefficient (Wildman–Crippen LogP) is 2.19. The Morgan fingerprint density at radius 1 is 1.24 bits per heavy atom. The fourth-order valence-electron chi connectivity index (χ4n) is 2.30. The van der Waals surface area contributed by atoms with Crippen LogP contribution in [0.5, 0.6) is 0 Å². The molecule has 1 N–H and O–H groups in total. The molecule has 0 radical (unpaired) electrons. The molecular formula is C15H14N4O2. The molecule has 6 heteroatoms. The number of aromatic nitrogens is 4. The van der Waals surface area contributed by atoms with E-state index in [1.54, 1.807) is 24.5 Å². The molecule has 0 aliphatic carbocycles. The van der Waals surface area contributed by atoms with Crippen molar-refractivity contribution in [3.63, 3.8) is 0 Å². The molecular weight excluding hydrogens is 268 g/mol. The van der Waals surface area contributed by atoms with Crippen LogP contribution in [0.15, 0.2) is 30.6 Å². The van der Waals surface area contributed by atoms with Gasteiger partial charge in [-0.25, -0.2) is 9.78 Å². The fourth-order valence-corrected chi connectivity index (χ4v) is 2.30. The summed E-state index contributed by atoms with van der Waals surface area (Å²) >= 11 is 0. The van der Waals surface area contributed by atoms with E-state index in [1.165, 1.54) is 0 Å². The summed E-state index contributed by atoms with van der Waals surface area (Å²) in [5, 5.41) is 9.23. The molecule has 6 nitrogen and oxygen atoms in total. The molecule has 0 aliphatic rings. The number of nitrogens with zero attached hydrogens (tertiary/aromatic N) is 4. The van der Waals surface area contributed by atoms with Gasteiger partial charge in [-0.3, -0.25) is 9.97 Å². The monoisotopic (exact) mass is 282 g/mol. The van der Waals surface area contributed by atoms with E-state index >= 15 is 0 Å². The Morgan fingerprint density at radius 3 is 2.71 bits per heavy atom. The first-order valence-corrected chi connectivity index (χ1v) is 6.53. The third kappa shape index (κ3) is 2.35. The molecule has 0 aliphatic heterocycles. The molecule has 3 aromatic rings. The van der Waals surface area contributed by atoms with E-state index in [2.05, 4.69) is 15.0 Å². The SMILES string of the molecule is Cc1cnc(Cn2c(C)nc3c(C(=O)O)cccc32)cn1. The minimum atomic E-state index is -0.972. The van der Waals surface area contributed by atoms with Crippen molar-refractivity contribution >= 4 is 17.0 Å². The Labute approximate surface area is 121 Å². The van der Waals surface area contributed by atoms with Gasteiger partial charge in [-0.1, -0.05) is 6.07 Å². The molecule has 0 amide bonds. The number of fused-ring (bicyclic) bond motifs is 1. The van der Waals surface area contributed by atoms with Crippen LogP contribution in [0.2, 0.25) is 0 Å². The maximum absolute atomic E-state index is 11.3. The number of imidazole rings is 1. The quantitative estimate of drug-likeness (QED) is 0.796. The van der Waals surface area contributed by atoms with Crippen molar-refractivity contribution in [2.45, 2.75) is 20.4 Å². The summed E-state index contributed by atoms with van der Waals surface area (Å²) in [4.78, 5) is 24.2. The Morgan fingerprint density at radius 2 is 2.05 bits per heavy atom. The maximum Gasteiger partial charge on any atom is 0.337 e. The van der Waals surface area contributed by atoms with Gasteiger partial charge >= 0.3 is 5.97 Å². The van der Waals surface area contributed by atoms with Crippen LogP contribution in [-0.4, -0.2) is 30.6 Å². The number of hydrogen-bond acceptors (Lipinski definition) is 4. The predicted molar refractivity (Wildman–Crippen MR) is 77.3 cm³/mol. The summed E-state index contributed by atoms with van der Waals surface area (Å²) in [6.07, 6.45) is 3.44. The van der Waals surface area contributed by atoms with Crippen molar-refractivity contribution in [2.24, 2.45) is 0 Å². The second kappa shape index (κ2) is 4.97. The Hall–Kier alpha value is -2.76. The van der Waals surface area contributed by atoms with E-state index in [9.17, 15) is 9.90 Å². The zero-order chi connectivity index (χ0) is 15.0. The van der Waals surface area contributed by atoms with Crippen molar-refractivity contribution in [2.75, 3.05) is 0 Å². The molecule has 0 bridgehead atoms. The summed E-state index contributed by atoms with van der Waals surface area (Å²) < 4.78 is 1.95. The number of benzene rings is 1. The minimum absolute atomic E-state index is 0.212. The van der Waals surface area contributed by atoms with Gasteiger partial charge in [-0.15, -0.1) is 0 Å². The van der Waals surface area contributed by atoms with Crippen molar-refractivity contribution in [3.8, 4) is 0 Å². The summed E-state index contributed by atoms with van der Waals surface area (Å²) in [6, 6.07) is 5.15. The van der Waals surface area contributed by atoms with E-state index in [0.717, 1.165) is 22.7 Å². The maximum atomic E-state index is 11.3. The lowest BCUT2D eigenvalue weighted by Crippen LogP contribution is -2.04. The van der Waals surface area contributed by atoms with Gasteiger partial charge in [0, 0.05) is 6.20 Å². The lowest BCUT2D eigenvalue weighted by molar-refractivity contribution is 0.0699. The van der Waals surface area contributed by atoms with Gasteiger partial charge in [0.1, 0.15) is 11.3 Å². The van der Waals surface area contributed by atoms with Crippen LogP contribution in [-0.2, 0) is 6.54 Å². The third-order valence-electron chi connectivity index (χ3n) is 3.35. The number of carboxylic acid groups (broad SMARTS) is 1. The lowest BCUT2D eigenvalue weighted by atomic mass is 10.2. The van der Waals surface area contributed by atoms with E-state index in [0.29, 0.717) is 12.1 Å².